The normalized spacial score (nSPS) is 12.6. The van der Waals surface area contributed by atoms with Gasteiger partial charge in [0.05, 0.1) is 13.7 Å². The Kier molecular flexibility index (Phi) is 5.80. The number of alkyl halides is 2. The SMILES string of the molecule is COc1cc(C(C)NCCO)ccc1OC(F)F. The lowest BCUT2D eigenvalue weighted by Gasteiger charge is -2.16. The molecule has 102 valence electrons. The molecular weight excluding hydrogens is 244 g/mol. The van der Waals surface area contributed by atoms with Gasteiger partial charge in [0.1, 0.15) is 0 Å². The van der Waals surface area contributed by atoms with Crippen molar-refractivity contribution in [3.63, 3.8) is 0 Å². The van der Waals surface area contributed by atoms with E-state index >= 15 is 0 Å². The molecule has 6 heteroatoms. The quantitative estimate of drug-likeness (QED) is 0.787. The minimum atomic E-state index is -2.88. The highest BCUT2D eigenvalue weighted by atomic mass is 19.3. The molecule has 1 aromatic carbocycles. The zero-order valence-electron chi connectivity index (χ0n) is 10.3. The first-order chi connectivity index (χ1) is 8.58. The maximum atomic E-state index is 12.1. The van der Waals surface area contributed by atoms with E-state index in [1.165, 1.54) is 13.2 Å². The van der Waals surface area contributed by atoms with Gasteiger partial charge in [0.2, 0.25) is 0 Å². The molecule has 0 radical (unpaired) electrons. The number of nitrogens with one attached hydrogen (secondary N) is 1. The van der Waals surface area contributed by atoms with E-state index in [0.29, 0.717) is 6.54 Å². The molecule has 4 nitrogen and oxygen atoms in total. The van der Waals surface area contributed by atoms with Crippen LogP contribution in [0.5, 0.6) is 11.5 Å². The summed E-state index contributed by atoms with van der Waals surface area (Å²) in [6, 6.07) is 4.73. The predicted molar refractivity (Wildman–Crippen MR) is 63.1 cm³/mol. The molecule has 1 atom stereocenters. The summed E-state index contributed by atoms with van der Waals surface area (Å²) in [5.74, 6) is 0.260. The summed E-state index contributed by atoms with van der Waals surface area (Å²) >= 11 is 0. The number of aliphatic hydroxyl groups excluding tert-OH is 1. The van der Waals surface area contributed by atoms with E-state index < -0.39 is 6.61 Å². The molecule has 0 bridgehead atoms. The van der Waals surface area contributed by atoms with Crippen molar-refractivity contribution in [2.75, 3.05) is 20.3 Å². The lowest BCUT2D eigenvalue weighted by Crippen LogP contribution is -2.22. The summed E-state index contributed by atoms with van der Waals surface area (Å²) in [5.41, 5.74) is 0.863. The summed E-state index contributed by atoms with van der Waals surface area (Å²) in [7, 11) is 1.39. The number of hydrogen-bond donors (Lipinski definition) is 2. The first-order valence-electron chi connectivity index (χ1n) is 5.55. The van der Waals surface area contributed by atoms with Crippen LogP contribution in [0.15, 0.2) is 18.2 Å². The largest absolute Gasteiger partial charge is 0.493 e. The molecule has 18 heavy (non-hydrogen) atoms. The van der Waals surface area contributed by atoms with Gasteiger partial charge >= 0.3 is 6.61 Å². The van der Waals surface area contributed by atoms with Crippen molar-refractivity contribution >= 4 is 0 Å². The second kappa shape index (κ2) is 7.13. The lowest BCUT2D eigenvalue weighted by molar-refractivity contribution is -0.0512. The maximum absolute atomic E-state index is 12.1. The standard InChI is InChI=1S/C12H17F2NO3/c1-8(15-5-6-16)9-3-4-10(18-12(13)14)11(7-9)17-2/h3-4,7-8,12,15-16H,5-6H2,1-2H3. The second-order valence-corrected chi connectivity index (χ2v) is 3.69. The number of aliphatic hydroxyl groups is 1. The highest BCUT2D eigenvalue weighted by Crippen LogP contribution is 2.31. The summed E-state index contributed by atoms with van der Waals surface area (Å²) < 4.78 is 33.6. The van der Waals surface area contributed by atoms with Crippen molar-refractivity contribution in [3.05, 3.63) is 23.8 Å². The van der Waals surface area contributed by atoms with Crippen LogP contribution in [0, 0.1) is 0 Å². The molecule has 0 aromatic heterocycles. The van der Waals surface area contributed by atoms with E-state index in [2.05, 4.69) is 10.1 Å². The van der Waals surface area contributed by atoms with Gasteiger partial charge < -0.3 is 19.9 Å². The van der Waals surface area contributed by atoms with Crippen LogP contribution in [-0.4, -0.2) is 32.0 Å². The van der Waals surface area contributed by atoms with E-state index in [-0.39, 0.29) is 24.1 Å². The van der Waals surface area contributed by atoms with Crippen LogP contribution in [0.2, 0.25) is 0 Å². The Bertz CT molecular complexity index is 374. The monoisotopic (exact) mass is 261 g/mol. The van der Waals surface area contributed by atoms with Gasteiger partial charge in [0.25, 0.3) is 0 Å². The molecule has 1 rings (SSSR count). The molecule has 0 spiro atoms. The Morgan fingerprint density at radius 3 is 2.61 bits per heavy atom. The van der Waals surface area contributed by atoms with E-state index in [1.54, 1.807) is 12.1 Å². The highest BCUT2D eigenvalue weighted by Gasteiger charge is 2.13. The second-order valence-electron chi connectivity index (χ2n) is 3.69. The molecule has 0 amide bonds. The molecular formula is C12H17F2NO3. The number of hydrogen-bond acceptors (Lipinski definition) is 4. The van der Waals surface area contributed by atoms with Crippen molar-refractivity contribution in [1.82, 2.24) is 5.32 Å². The average molecular weight is 261 g/mol. The predicted octanol–water partition coefficient (Wildman–Crippen LogP) is 1.94. The fourth-order valence-corrected chi connectivity index (χ4v) is 1.55. The first kappa shape index (κ1) is 14.7. The molecule has 0 heterocycles. The Labute approximate surface area is 105 Å². The third kappa shape index (κ3) is 4.12. The fraction of sp³-hybridized carbons (Fsp3) is 0.500. The minimum absolute atomic E-state index is 0.00519. The Balaban J connectivity index is 2.83. The zero-order valence-corrected chi connectivity index (χ0v) is 10.3. The maximum Gasteiger partial charge on any atom is 0.387 e. The third-order valence-corrected chi connectivity index (χ3v) is 2.47. The Morgan fingerprint density at radius 2 is 2.06 bits per heavy atom. The van der Waals surface area contributed by atoms with E-state index in [4.69, 9.17) is 9.84 Å². The van der Waals surface area contributed by atoms with Gasteiger partial charge in [-0.1, -0.05) is 6.07 Å². The molecule has 0 fully saturated rings. The third-order valence-electron chi connectivity index (χ3n) is 2.47. The molecule has 1 unspecified atom stereocenters. The summed E-state index contributed by atoms with van der Waals surface area (Å²) in [6.07, 6.45) is 0. The molecule has 0 saturated heterocycles. The van der Waals surface area contributed by atoms with E-state index in [0.717, 1.165) is 5.56 Å². The van der Waals surface area contributed by atoms with Crippen LogP contribution in [0.25, 0.3) is 0 Å². The van der Waals surface area contributed by atoms with Gasteiger partial charge in [0, 0.05) is 12.6 Å². The van der Waals surface area contributed by atoms with E-state index in [9.17, 15) is 8.78 Å². The van der Waals surface area contributed by atoms with Gasteiger partial charge in [-0.2, -0.15) is 8.78 Å². The topological polar surface area (TPSA) is 50.7 Å². The van der Waals surface area contributed by atoms with Gasteiger partial charge in [-0.15, -0.1) is 0 Å². The molecule has 2 N–H and O–H groups in total. The van der Waals surface area contributed by atoms with Gasteiger partial charge in [0.15, 0.2) is 11.5 Å². The molecule has 1 aromatic rings. The molecule has 0 aliphatic heterocycles. The lowest BCUT2D eigenvalue weighted by atomic mass is 10.1. The number of methoxy groups -OCH3 is 1. The van der Waals surface area contributed by atoms with Gasteiger partial charge in [-0.05, 0) is 24.6 Å². The van der Waals surface area contributed by atoms with Crippen LogP contribution >= 0.6 is 0 Å². The number of ether oxygens (including phenoxy) is 2. The first-order valence-corrected chi connectivity index (χ1v) is 5.55. The zero-order chi connectivity index (χ0) is 13.5. The van der Waals surface area contributed by atoms with E-state index in [1.807, 2.05) is 6.92 Å². The van der Waals surface area contributed by atoms with Crippen LogP contribution in [-0.2, 0) is 0 Å². The smallest absolute Gasteiger partial charge is 0.387 e. The number of rotatable bonds is 7. The van der Waals surface area contributed by atoms with Crippen molar-refractivity contribution in [3.8, 4) is 11.5 Å². The molecule has 0 aliphatic carbocycles. The summed E-state index contributed by atoms with van der Waals surface area (Å²) in [4.78, 5) is 0. The van der Waals surface area contributed by atoms with Crippen molar-refractivity contribution < 1.29 is 23.4 Å². The molecule has 0 aliphatic rings. The number of benzene rings is 1. The van der Waals surface area contributed by atoms with Gasteiger partial charge in [-0.3, -0.25) is 0 Å². The number of halogens is 2. The Hall–Kier alpha value is -1.40. The summed E-state index contributed by atoms with van der Waals surface area (Å²) in [6.45, 7) is -0.486. The minimum Gasteiger partial charge on any atom is -0.493 e. The van der Waals surface area contributed by atoms with Crippen LogP contribution in [0.4, 0.5) is 8.78 Å². The average Bonchev–Trinajstić information content (AvgIpc) is 2.35. The van der Waals surface area contributed by atoms with Crippen LogP contribution < -0.4 is 14.8 Å². The van der Waals surface area contributed by atoms with Crippen LogP contribution in [0.1, 0.15) is 18.5 Å². The van der Waals surface area contributed by atoms with Gasteiger partial charge in [-0.25, -0.2) is 0 Å². The van der Waals surface area contributed by atoms with Crippen molar-refractivity contribution in [1.29, 1.82) is 0 Å². The van der Waals surface area contributed by atoms with Crippen molar-refractivity contribution in [2.45, 2.75) is 19.6 Å². The van der Waals surface area contributed by atoms with Crippen molar-refractivity contribution in [2.24, 2.45) is 0 Å². The highest BCUT2D eigenvalue weighted by molar-refractivity contribution is 5.43. The fourth-order valence-electron chi connectivity index (χ4n) is 1.55. The van der Waals surface area contributed by atoms with Crippen LogP contribution in [0.3, 0.4) is 0 Å². The Morgan fingerprint density at radius 1 is 1.33 bits per heavy atom. The molecule has 0 saturated carbocycles. The summed E-state index contributed by atoms with van der Waals surface area (Å²) in [5, 5.41) is 11.8.